The lowest BCUT2D eigenvalue weighted by atomic mass is 10.0. The van der Waals surface area contributed by atoms with E-state index in [4.69, 9.17) is 9.68 Å². The van der Waals surface area contributed by atoms with Crippen molar-refractivity contribution in [3.8, 4) is 6.07 Å². The summed E-state index contributed by atoms with van der Waals surface area (Å²) in [6.07, 6.45) is 5.02. The molecule has 0 saturated carbocycles. The number of anilines is 1. The van der Waals surface area contributed by atoms with Crippen LogP contribution in [0.25, 0.3) is 0 Å². The smallest absolute Gasteiger partial charge is 0.232 e. The molecular formula is C16H17N3O3S. The maximum atomic E-state index is 12.2. The summed E-state index contributed by atoms with van der Waals surface area (Å²) in [5.74, 6) is 1.26. The lowest BCUT2D eigenvalue weighted by molar-refractivity contribution is 0.440. The van der Waals surface area contributed by atoms with Gasteiger partial charge in [-0.15, -0.1) is 0 Å². The number of rotatable bonds is 4. The number of hydrogen-bond acceptors (Lipinski definition) is 5. The van der Waals surface area contributed by atoms with Gasteiger partial charge in [0.25, 0.3) is 0 Å². The average Bonchev–Trinajstić information content (AvgIpc) is 2.94. The molecule has 1 aromatic heterocycles. The lowest BCUT2D eigenvalue weighted by Gasteiger charge is -2.20. The molecule has 1 aromatic carbocycles. The second-order valence-corrected chi connectivity index (χ2v) is 7.52. The highest BCUT2D eigenvalue weighted by Crippen LogP contribution is 2.25. The van der Waals surface area contributed by atoms with Gasteiger partial charge < -0.3 is 4.42 Å². The quantitative estimate of drug-likeness (QED) is 0.858. The Morgan fingerprint density at radius 2 is 2.13 bits per heavy atom. The normalized spacial score (nSPS) is 14.1. The Labute approximate surface area is 135 Å². The van der Waals surface area contributed by atoms with Crippen molar-refractivity contribution in [3.05, 3.63) is 47.2 Å². The number of sulfonamides is 1. The highest BCUT2D eigenvalue weighted by molar-refractivity contribution is 7.92. The third-order valence-corrected chi connectivity index (χ3v) is 4.97. The Hall–Kier alpha value is -2.33. The molecule has 1 heterocycles. The van der Waals surface area contributed by atoms with Crippen LogP contribution in [0.4, 0.5) is 5.69 Å². The van der Waals surface area contributed by atoms with E-state index < -0.39 is 10.0 Å². The number of fused-ring (bicyclic) bond motifs is 1. The van der Waals surface area contributed by atoms with Crippen molar-refractivity contribution in [2.24, 2.45) is 0 Å². The zero-order chi connectivity index (χ0) is 16.4. The first-order chi connectivity index (χ1) is 11.0. The van der Waals surface area contributed by atoms with Gasteiger partial charge in [-0.3, -0.25) is 4.31 Å². The van der Waals surface area contributed by atoms with Crippen molar-refractivity contribution in [2.75, 3.05) is 10.6 Å². The molecule has 1 aliphatic carbocycles. The van der Waals surface area contributed by atoms with E-state index >= 15 is 0 Å². The molecule has 1 aliphatic rings. The molecule has 120 valence electrons. The monoisotopic (exact) mass is 331 g/mol. The van der Waals surface area contributed by atoms with Gasteiger partial charge in [0.05, 0.1) is 29.3 Å². The van der Waals surface area contributed by atoms with Gasteiger partial charge in [-0.25, -0.2) is 13.4 Å². The molecule has 6 nitrogen and oxygen atoms in total. The van der Waals surface area contributed by atoms with Crippen molar-refractivity contribution in [3.63, 3.8) is 0 Å². The lowest BCUT2D eigenvalue weighted by Crippen LogP contribution is -2.29. The third-order valence-electron chi connectivity index (χ3n) is 3.83. The van der Waals surface area contributed by atoms with Crippen LogP contribution in [0.5, 0.6) is 0 Å². The first kappa shape index (κ1) is 15.6. The summed E-state index contributed by atoms with van der Waals surface area (Å²) in [4.78, 5) is 4.43. The Kier molecular flexibility index (Phi) is 4.09. The molecule has 0 radical (unpaired) electrons. The summed E-state index contributed by atoms with van der Waals surface area (Å²) in [5, 5.41) is 9.00. The largest absolute Gasteiger partial charge is 0.443 e. The Bertz CT molecular complexity index is 841. The SMILES string of the molecule is CS(=O)(=O)N(Cc1nc2c(o1)CCCC2)c1cccc(C#N)c1. The van der Waals surface area contributed by atoms with Gasteiger partial charge in [-0.2, -0.15) is 5.26 Å². The molecule has 23 heavy (non-hydrogen) atoms. The van der Waals surface area contributed by atoms with E-state index in [0.29, 0.717) is 17.1 Å². The predicted octanol–water partition coefficient (Wildman–Crippen LogP) is 2.39. The van der Waals surface area contributed by atoms with Crippen molar-refractivity contribution in [2.45, 2.75) is 32.2 Å². The summed E-state index contributed by atoms with van der Waals surface area (Å²) >= 11 is 0. The molecule has 0 saturated heterocycles. The Morgan fingerprint density at radius 3 is 2.83 bits per heavy atom. The van der Waals surface area contributed by atoms with E-state index in [1.165, 1.54) is 4.31 Å². The molecule has 0 fully saturated rings. The first-order valence-electron chi connectivity index (χ1n) is 7.43. The first-order valence-corrected chi connectivity index (χ1v) is 9.27. The van der Waals surface area contributed by atoms with Gasteiger partial charge in [-0.05, 0) is 37.5 Å². The van der Waals surface area contributed by atoms with Crippen molar-refractivity contribution in [1.29, 1.82) is 5.26 Å². The zero-order valence-corrected chi connectivity index (χ0v) is 13.6. The Balaban J connectivity index is 1.94. The van der Waals surface area contributed by atoms with E-state index in [1.54, 1.807) is 24.3 Å². The van der Waals surface area contributed by atoms with Crippen LogP contribution in [-0.4, -0.2) is 19.7 Å². The maximum Gasteiger partial charge on any atom is 0.232 e. The van der Waals surface area contributed by atoms with Crippen LogP contribution in [0.3, 0.4) is 0 Å². The molecule has 3 rings (SSSR count). The molecular weight excluding hydrogens is 314 g/mol. The van der Waals surface area contributed by atoms with Crippen LogP contribution >= 0.6 is 0 Å². The van der Waals surface area contributed by atoms with Crippen LogP contribution in [0, 0.1) is 11.3 Å². The average molecular weight is 331 g/mol. The summed E-state index contributed by atoms with van der Waals surface area (Å²) in [6, 6.07) is 8.51. The van der Waals surface area contributed by atoms with Gasteiger partial charge in [0.1, 0.15) is 12.3 Å². The third kappa shape index (κ3) is 3.37. The van der Waals surface area contributed by atoms with Crippen LogP contribution in [0.1, 0.15) is 35.7 Å². The van der Waals surface area contributed by atoms with E-state index in [0.717, 1.165) is 43.4 Å². The predicted molar refractivity (Wildman–Crippen MR) is 85.3 cm³/mol. The Morgan fingerprint density at radius 1 is 1.35 bits per heavy atom. The fourth-order valence-electron chi connectivity index (χ4n) is 2.73. The summed E-state index contributed by atoms with van der Waals surface area (Å²) in [7, 11) is -3.52. The second kappa shape index (κ2) is 6.05. The van der Waals surface area contributed by atoms with E-state index in [9.17, 15) is 8.42 Å². The molecule has 0 aliphatic heterocycles. The van der Waals surface area contributed by atoms with E-state index in [2.05, 4.69) is 4.98 Å². The molecule has 0 amide bonds. The number of benzene rings is 1. The number of hydrogen-bond donors (Lipinski definition) is 0. The van der Waals surface area contributed by atoms with Crippen LogP contribution in [0.15, 0.2) is 28.7 Å². The number of aromatic nitrogens is 1. The molecule has 0 atom stereocenters. The van der Waals surface area contributed by atoms with E-state index in [-0.39, 0.29) is 6.54 Å². The van der Waals surface area contributed by atoms with Crippen molar-refractivity contribution in [1.82, 2.24) is 4.98 Å². The van der Waals surface area contributed by atoms with Gasteiger partial charge in [0, 0.05) is 6.42 Å². The highest BCUT2D eigenvalue weighted by Gasteiger charge is 2.23. The minimum Gasteiger partial charge on any atom is -0.443 e. The standard InChI is InChI=1S/C16H17N3O3S/c1-23(20,21)19(13-6-4-5-12(9-13)10-17)11-16-18-14-7-2-3-8-15(14)22-16/h4-6,9H,2-3,7-8,11H2,1H3. The molecule has 0 N–H and O–H groups in total. The number of nitriles is 1. The molecule has 7 heteroatoms. The number of nitrogens with zero attached hydrogens (tertiary/aromatic N) is 3. The van der Waals surface area contributed by atoms with Crippen molar-refractivity contribution < 1.29 is 12.8 Å². The van der Waals surface area contributed by atoms with Crippen molar-refractivity contribution >= 4 is 15.7 Å². The molecule has 2 aromatic rings. The molecule has 0 spiro atoms. The summed E-state index contributed by atoms with van der Waals surface area (Å²) in [6.45, 7) is 0.0285. The van der Waals surface area contributed by atoms with Crippen LogP contribution in [0.2, 0.25) is 0 Å². The number of oxazole rings is 1. The topological polar surface area (TPSA) is 87.2 Å². The van der Waals surface area contributed by atoms with Crippen LogP contribution < -0.4 is 4.31 Å². The van der Waals surface area contributed by atoms with Gasteiger partial charge in [0.2, 0.25) is 15.9 Å². The molecule has 0 bridgehead atoms. The van der Waals surface area contributed by atoms with Gasteiger partial charge >= 0.3 is 0 Å². The zero-order valence-electron chi connectivity index (χ0n) is 12.8. The summed E-state index contributed by atoms with van der Waals surface area (Å²) < 4.78 is 31.2. The maximum absolute atomic E-state index is 12.2. The fraction of sp³-hybridized carbons (Fsp3) is 0.375. The summed E-state index contributed by atoms with van der Waals surface area (Å²) in [5.41, 5.74) is 1.77. The molecule has 0 unspecified atom stereocenters. The highest BCUT2D eigenvalue weighted by atomic mass is 32.2. The van der Waals surface area contributed by atoms with E-state index in [1.807, 2.05) is 6.07 Å². The minimum atomic E-state index is -3.52. The number of aryl methyl sites for hydroxylation is 2. The van der Waals surface area contributed by atoms with Gasteiger partial charge in [0.15, 0.2) is 0 Å². The van der Waals surface area contributed by atoms with Gasteiger partial charge in [-0.1, -0.05) is 6.07 Å². The minimum absolute atomic E-state index is 0.0285. The fourth-order valence-corrected chi connectivity index (χ4v) is 3.57. The van der Waals surface area contributed by atoms with Crippen LogP contribution in [-0.2, 0) is 29.4 Å². The second-order valence-electron chi connectivity index (χ2n) is 5.62.